The molecule has 5 heterocycles. The molecule has 5 heteroatoms. The monoisotopic (exact) mass is 846 g/mol. The van der Waals surface area contributed by atoms with Gasteiger partial charge in [0.2, 0.25) is 0 Å². The van der Waals surface area contributed by atoms with Gasteiger partial charge in [-0.25, -0.2) is 0 Å². The Morgan fingerprint density at radius 3 is 1.92 bits per heavy atom. The third-order valence-corrected chi connectivity index (χ3v) is 10.7. The van der Waals surface area contributed by atoms with Crippen LogP contribution in [-0.4, -0.2) is 14.4 Å². The Kier molecular flexibility index (Phi) is 7.90. The van der Waals surface area contributed by atoms with Gasteiger partial charge < -0.3 is 14.4 Å². The van der Waals surface area contributed by atoms with E-state index in [0.717, 1.165) is 22.5 Å². The first-order chi connectivity index (χ1) is 24.8. The molecule has 0 atom stereocenters. The van der Waals surface area contributed by atoms with Gasteiger partial charge in [-0.05, 0) is 63.7 Å². The number of benzene rings is 6. The second kappa shape index (κ2) is 12.9. The van der Waals surface area contributed by atoms with Gasteiger partial charge >= 0.3 is 0 Å². The van der Waals surface area contributed by atoms with Crippen LogP contribution in [0.2, 0.25) is 0 Å². The molecule has 11 aromatic rings. The molecule has 51 heavy (non-hydrogen) atoms. The molecule has 0 spiro atoms. The van der Waals surface area contributed by atoms with Crippen molar-refractivity contribution in [1.82, 2.24) is 14.4 Å². The van der Waals surface area contributed by atoms with Gasteiger partial charge in [0.15, 0.2) is 0 Å². The molecule has 0 aliphatic rings. The van der Waals surface area contributed by atoms with Crippen molar-refractivity contribution < 1.29 is 20.1 Å². The minimum absolute atomic E-state index is 0. The fourth-order valence-corrected chi connectivity index (χ4v) is 8.52. The Balaban J connectivity index is 0.000000228. The molecule has 3 nitrogen and oxygen atoms in total. The van der Waals surface area contributed by atoms with Crippen molar-refractivity contribution in [2.45, 2.75) is 0 Å². The van der Waals surface area contributed by atoms with E-state index in [-0.39, 0.29) is 20.1 Å². The third-order valence-electron chi connectivity index (χ3n) is 9.53. The van der Waals surface area contributed by atoms with Crippen LogP contribution in [0.25, 0.3) is 91.9 Å². The number of pyridine rings is 2. The smallest absolute Gasteiger partial charge is 0.0634 e. The van der Waals surface area contributed by atoms with Gasteiger partial charge in [0.25, 0.3) is 0 Å². The molecule has 0 unspecified atom stereocenters. The summed E-state index contributed by atoms with van der Waals surface area (Å²) in [7, 11) is 0. The zero-order valence-corrected chi connectivity index (χ0v) is 30.4. The van der Waals surface area contributed by atoms with Gasteiger partial charge in [-0.1, -0.05) is 90.3 Å². The van der Waals surface area contributed by atoms with Gasteiger partial charge in [0.1, 0.15) is 0 Å². The largest absolute Gasteiger partial charge is 0.348 e. The van der Waals surface area contributed by atoms with Crippen molar-refractivity contribution in [3.05, 3.63) is 176 Å². The third kappa shape index (κ3) is 5.21. The quantitative estimate of drug-likeness (QED) is 0.166. The van der Waals surface area contributed by atoms with E-state index < -0.39 is 0 Å². The van der Waals surface area contributed by atoms with Crippen molar-refractivity contribution in [2.24, 2.45) is 0 Å². The first kappa shape index (κ1) is 31.3. The Morgan fingerprint density at radius 2 is 1.18 bits per heavy atom. The van der Waals surface area contributed by atoms with E-state index >= 15 is 0 Å². The van der Waals surface area contributed by atoms with E-state index in [1.807, 2.05) is 72.1 Å². The topological polar surface area (TPSA) is 30.2 Å². The van der Waals surface area contributed by atoms with Crippen LogP contribution in [0.1, 0.15) is 0 Å². The van der Waals surface area contributed by atoms with E-state index in [9.17, 15) is 0 Å². The van der Waals surface area contributed by atoms with Crippen LogP contribution in [-0.2, 0) is 20.1 Å². The van der Waals surface area contributed by atoms with Crippen LogP contribution >= 0.6 is 11.3 Å². The summed E-state index contributed by atoms with van der Waals surface area (Å²) in [6.07, 6.45) is 3.63. The number of rotatable bonds is 3. The van der Waals surface area contributed by atoms with Crippen molar-refractivity contribution in [3.8, 4) is 33.6 Å². The van der Waals surface area contributed by atoms with Crippen LogP contribution in [0.5, 0.6) is 0 Å². The summed E-state index contributed by atoms with van der Waals surface area (Å²) in [4.78, 5) is 8.82. The number of thiophene rings is 1. The van der Waals surface area contributed by atoms with E-state index in [2.05, 4.69) is 124 Å². The Hall–Kier alpha value is -5.71. The van der Waals surface area contributed by atoms with Gasteiger partial charge in [-0.2, -0.15) is 0 Å². The number of fused-ring (bicyclic) bond motifs is 10. The molecule has 6 aromatic carbocycles. The van der Waals surface area contributed by atoms with E-state index in [0.29, 0.717) is 0 Å². The van der Waals surface area contributed by atoms with Crippen molar-refractivity contribution in [2.75, 3.05) is 0 Å². The predicted molar refractivity (Wildman–Crippen MR) is 210 cm³/mol. The van der Waals surface area contributed by atoms with Gasteiger partial charge in [0, 0.05) is 58.7 Å². The van der Waals surface area contributed by atoms with Crippen LogP contribution in [0.15, 0.2) is 164 Å². The first-order valence-corrected chi connectivity index (χ1v) is 17.5. The fourth-order valence-electron chi connectivity index (χ4n) is 7.28. The molecule has 0 saturated heterocycles. The Bertz CT molecular complexity index is 2920. The average Bonchev–Trinajstić information content (AvgIpc) is 3.86. The van der Waals surface area contributed by atoms with E-state index in [1.165, 1.54) is 69.4 Å². The SMILES string of the molecule is [Ir].[c-]1cc2c(cc1-c1ccccn1)c1cc(-c3ccccc3)cc3c4ccc5c6ccccc6sc5c4n2c13.[c-]1ccccc1-c1ccccn1. The second-order valence-corrected chi connectivity index (χ2v) is 13.5. The Morgan fingerprint density at radius 1 is 0.490 bits per heavy atom. The van der Waals surface area contributed by atoms with Crippen molar-refractivity contribution >= 4 is 69.6 Å². The molecule has 0 fully saturated rings. The standard InChI is InChI=1S/C35H19N2S.C11H8N.Ir/c1-2-8-21(9-3-1)23-19-28-25-14-15-26-24-10-4-5-12-32(24)38-35(26)34(25)37-31-16-13-22(30-11-6-7-17-36-30)18-27(31)29(20-23)33(28)37;1-2-6-10(7-3-1)11-8-4-5-9-12-11;/h1-12,14-20H;1-6,8-9H;/q2*-1;. The van der Waals surface area contributed by atoms with Crippen molar-refractivity contribution in [1.29, 1.82) is 0 Å². The summed E-state index contributed by atoms with van der Waals surface area (Å²) in [5.41, 5.74) is 10.2. The molecule has 0 N–H and O–H groups in total. The molecular formula is C46H27IrN3S-2. The molecule has 1 radical (unpaired) electrons. The molecular weight excluding hydrogens is 819 g/mol. The molecule has 0 saturated carbocycles. The molecule has 0 aliphatic heterocycles. The molecule has 11 rings (SSSR count). The summed E-state index contributed by atoms with van der Waals surface area (Å²) in [5.74, 6) is 0. The number of aromatic nitrogens is 3. The van der Waals surface area contributed by atoms with E-state index in [4.69, 9.17) is 0 Å². The van der Waals surface area contributed by atoms with Gasteiger partial charge in [0.05, 0.1) is 15.7 Å². The van der Waals surface area contributed by atoms with Crippen molar-refractivity contribution in [3.63, 3.8) is 0 Å². The summed E-state index contributed by atoms with van der Waals surface area (Å²) in [5, 5.41) is 7.76. The molecule has 5 aromatic heterocycles. The summed E-state index contributed by atoms with van der Waals surface area (Å²) in [6.45, 7) is 0. The minimum Gasteiger partial charge on any atom is -0.348 e. The first-order valence-electron chi connectivity index (χ1n) is 16.7. The molecule has 0 amide bonds. The summed E-state index contributed by atoms with van der Waals surface area (Å²) in [6, 6.07) is 59.7. The normalized spacial score (nSPS) is 11.4. The fraction of sp³-hybridized carbons (Fsp3) is 0. The minimum atomic E-state index is 0. The van der Waals surface area contributed by atoms with E-state index in [1.54, 1.807) is 6.20 Å². The molecule has 0 aliphatic carbocycles. The van der Waals surface area contributed by atoms with Crippen LogP contribution in [0.4, 0.5) is 0 Å². The Labute approximate surface area is 312 Å². The average molecular weight is 846 g/mol. The zero-order valence-electron chi connectivity index (χ0n) is 27.2. The summed E-state index contributed by atoms with van der Waals surface area (Å²) < 4.78 is 5.16. The predicted octanol–water partition coefficient (Wildman–Crippen LogP) is 12.3. The maximum atomic E-state index is 4.60. The number of hydrogen-bond donors (Lipinski definition) is 0. The molecule has 243 valence electrons. The maximum absolute atomic E-state index is 4.60. The number of nitrogens with zero attached hydrogens (tertiary/aromatic N) is 3. The van der Waals surface area contributed by atoms with Gasteiger partial charge in [-0.15, -0.1) is 71.0 Å². The van der Waals surface area contributed by atoms with Crippen LogP contribution in [0.3, 0.4) is 0 Å². The maximum Gasteiger partial charge on any atom is 0.0634 e. The van der Waals surface area contributed by atoms with Gasteiger partial charge in [-0.3, -0.25) is 0 Å². The zero-order chi connectivity index (χ0) is 33.0. The summed E-state index contributed by atoms with van der Waals surface area (Å²) >= 11 is 1.89. The van der Waals surface area contributed by atoms with Crippen LogP contribution < -0.4 is 0 Å². The molecule has 0 bridgehead atoms. The second-order valence-electron chi connectivity index (χ2n) is 12.4. The van der Waals surface area contributed by atoms with Crippen LogP contribution in [0, 0.1) is 12.1 Å². The number of hydrogen-bond acceptors (Lipinski definition) is 3.